The molecule has 2 aliphatic rings. The predicted molar refractivity (Wildman–Crippen MR) is 101 cm³/mol. The van der Waals surface area contributed by atoms with Gasteiger partial charge < -0.3 is 10.1 Å². The first-order valence-electron chi connectivity index (χ1n) is 8.19. The Balaban J connectivity index is 1.87. The lowest BCUT2D eigenvalue weighted by Crippen LogP contribution is -2.30. The minimum Gasteiger partial charge on any atom is -0.465 e. The summed E-state index contributed by atoms with van der Waals surface area (Å²) in [6, 6.07) is 11.5. The third-order valence-corrected chi connectivity index (χ3v) is 5.63. The minimum atomic E-state index is -0.338. The molecular formula is C20H17Cl2NO2. The van der Waals surface area contributed by atoms with Crippen LogP contribution in [0.3, 0.4) is 0 Å². The number of hydrogen-bond donors (Lipinski definition) is 1. The van der Waals surface area contributed by atoms with Gasteiger partial charge in [-0.15, -0.1) is 0 Å². The van der Waals surface area contributed by atoms with E-state index < -0.39 is 0 Å². The number of hydrogen-bond acceptors (Lipinski definition) is 3. The second-order valence-corrected chi connectivity index (χ2v) is 7.25. The van der Waals surface area contributed by atoms with Crippen LogP contribution in [0.15, 0.2) is 48.6 Å². The standard InChI is InChI=1S/C20H17Cl2NO2/c1-25-20(24)15-8-9-16(22)19-17(15)13-6-3-7-14(13)18(23-19)11-4-2-5-12(21)10-11/h2-6,8-10,13-14,18,23H,7H2,1H3/t13-,14-,18-/m1/s1. The van der Waals surface area contributed by atoms with Crippen molar-refractivity contribution in [3.8, 4) is 0 Å². The fourth-order valence-electron chi connectivity index (χ4n) is 3.99. The van der Waals surface area contributed by atoms with Crippen molar-refractivity contribution in [1.29, 1.82) is 0 Å². The lowest BCUT2D eigenvalue weighted by Gasteiger charge is -2.38. The number of benzene rings is 2. The Bertz CT molecular complexity index is 878. The fraction of sp³-hybridized carbons (Fsp3) is 0.250. The summed E-state index contributed by atoms with van der Waals surface area (Å²) in [5.74, 6) is 0.0795. The highest BCUT2D eigenvalue weighted by atomic mass is 35.5. The number of nitrogens with one attached hydrogen (secondary N) is 1. The van der Waals surface area contributed by atoms with Crippen molar-refractivity contribution >= 4 is 34.9 Å². The highest BCUT2D eigenvalue weighted by molar-refractivity contribution is 6.33. The summed E-state index contributed by atoms with van der Waals surface area (Å²) in [6.07, 6.45) is 5.28. The largest absolute Gasteiger partial charge is 0.465 e. The van der Waals surface area contributed by atoms with Gasteiger partial charge in [0.2, 0.25) is 0 Å². The first kappa shape index (κ1) is 16.5. The van der Waals surface area contributed by atoms with E-state index in [0.717, 1.165) is 23.2 Å². The molecule has 3 nitrogen and oxygen atoms in total. The number of carbonyl (C=O) groups excluding carboxylic acids is 1. The Kier molecular flexibility index (Phi) is 4.22. The van der Waals surface area contributed by atoms with Crippen molar-refractivity contribution in [2.45, 2.75) is 18.4 Å². The van der Waals surface area contributed by atoms with Crippen molar-refractivity contribution in [3.63, 3.8) is 0 Å². The normalized spacial score (nSPS) is 23.6. The van der Waals surface area contributed by atoms with Crippen LogP contribution in [-0.4, -0.2) is 13.1 Å². The van der Waals surface area contributed by atoms with Crippen molar-refractivity contribution in [3.05, 3.63) is 75.3 Å². The van der Waals surface area contributed by atoms with E-state index in [1.54, 1.807) is 12.1 Å². The van der Waals surface area contributed by atoms with Crippen LogP contribution in [0, 0.1) is 5.92 Å². The molecule has 0 radical (unpaired) electrons. The van der Waals surface area contributed by atoms with Gasteiger partial charge in [0, 0.05) is 10.9 Å². The van der Waals surface area contributed by atoms with Crippen LogP contribution in [-0.2, 0) is 4.74 Å². The summed E-state index contributed by atoms with van der Waals surface area (Å²) in [7, 11) is 1.40. The van der Waals surface area contributed by atoms with E-state index in [0.29, 0.717) is 21.5 Å². The zero-order valence-corrected chi connectivity index (χ0v) is 15.1. The van der Waals surface area contributed by atoms with Gasteiger partial charge in [0.05, 0.1) is 29.4 Å². The van der Waals surface area contributed by atoms with Crippen molar-refractivity contribution in [1.82, 2.24) is 0 Å². The lowest BCUT2D eigenvalue weighted by atomic mass is 9.75. The van der Waals surface area contributed by atoms with Crippen LogP contribution in [0.4, 0.5) is 5.69 Å². The first-order chi connectivity index (χ1) is 12.1. The number of esters is 1. The highest BCUT2D eigenvalue weighted by Crippen LogP contribution is 2.52. The van der Waals surface area contributed by atoms with Crippen LogP contribution < -0.4 is 5.32 Å². The maximum absolute atomic E-state index is 12.2. The summed E-state index contributed by atoms with van der Waals surface area (Å²) >= 11 is 12.7. The molecule has 25 heavy (non-hydrogen) atoms. The SMILES string of the molecule is COC(=O)c1ccc(Cl)c2c1[C@@H]1C=CC[C@H]1[C@@H](c1cccc(Cl)c1)N2. The molecule has 1 heterocycles. The summed E-state index contributed by atoms with van der Waals surface area (Å²) in [5.41, 5.74) is 3.43. The van der Waals surface area contributed by atoms with E-state index in [4.69, 9.17) is 27.9 Å². The number of carbonyl (C=O) groups is 1. The summed E-state index contributed by atoms with van der Waals surface area (Å²) in [4.78, 5) is 12.2. The Hall–Kier alpha value is -1.97. The maximum atomic E-state index is 12.2. The molecule has 0 saturated heterocycles. The van der Waals surface area contributed by atoms with Gasteiger partial charge in [-0.3, -0.25) is 0 Å². The number of anilines is 1. The molecule has 2 aromatic rings. The van der Waals surface area contributed by atoms with E-state index in [1.807, 2.05) is 18.2 Å². The average molecular weight is 374 g/mol. The molecule has 5 heteroatoms. The first-order valence-corrected chi connectivity index (χ1v) is 8.95. The second-order valence-electron chi connectivity index (χ2n) is 6.41. The Morgan fingerprint density at radius 2 is 2.08 bits per heavy atom. The summed E-state index contributed by atoms with van der Waals surface area (Å²) < 4.78 is 4.97. The molecule has 0 aromatic heterocycles. The molecule has 2 aromatic carbocycles. The molecule has 1 aliphatic heterocycles. The zero-order chi connectivity index (χ0) is 17.6. The lowest BCUT2D eigenvalue weighted by molar-refractivity contribution is 0.0598. The fourth-order valence-corrected chi connectivity index (χ4v) is 4.41. The molecule has 0 bridgehead atoms. The maximum Gasteiger partial charge on any atom is 0.338 e. The smallest absolute Gasteiger partial charge is 0.338 e. The van der Waals surface area contributed by atoms with Gasteiger partial charge in [0.1, 0.15) is 0 Å². The zero-order valence-electron chi connectivity index (χ0n) is 13.6. The molecule has 0 amide bonds. The number of rotatable bonds is 2. The summed E-state index contributed by atoms with van der Waals surface area (Å²) in [5, 5.41) is 4.88. The topological polar surface area (TPSA) is 38.3 Å². The van der Waals surface area contributed by atoms with Crippen LogP contribution in [0.1, 0.15) is 39.9 Å². The highest BCUT2D eigenvalue weighted by Gasteiger charge is 2.41. The van der Waals surface area contributed by atoms with Gasteiger partial charge >= 0.3 is 5.97 Å². The quantitative estimate of drug-likeness (QED) is 0.549. The minimum absolute atomic E-state index is 0.0802. The molecular weight excluding hydrogens is 357 g/mol. The molecule has 1 N–H and O–H groups in total. The molecule has 1 aliphatic carbocycles. The molecule has 0 unspecified atom stereocenters. The second kappa shape index (κ2) is 6.40. The van der Waals surface area contributed by atoms with E-state index in [9.17, 15) is 4.79 Å². The van der Waals surface area contributed by atoms with Gasteiger partial charge in [0.25, 0.3) is 0 Å². The van der Waals surface area contributed by atoms with Crippen LogP contribution >= 0.6 is 23.2 Å². The summed E-state index contributed by atoms with van der Waals surface area (Å²) in [6.45, 7) is 0. The van der Waals surface area contributed by atoms with Gasteiger partial charge in [0.15, 0.2) is 0 Å². The Morgan fingerprint density at radius 3 is 2.84 bits per heavy atom. The molecule has 3 atom stereocenters. The Labute approximate surface area is 156 Å². The average Bonchev–Trinajstić information content (AvgIpc) is 3.10. The van der Waals surface area contributed by atoms with Crippen LogP contribution in [0.2, 0.25) is 10.0 Å². The van der Waals surface area contributed by atoms with E-state index in [-0.39, 0.29) is 17.9 Å². The van der Waals surface area contributed by atoms with E-state index >= 15 is 0 Å². The Morgan fingerprint density at radius 1 is 1.24 bits per heavy atom. The van der Waals surface area contributed by atoms with Crippen molar-refractivity contribution in [2.24, 2.45) is 5.92 Å². The van der Waals surface area contributed by atoms with Gasteiger partial charge in [-0.1, -0.05) is 47.5 Å². The molecule has 0 spiro atoms. The van der Waals surface area contributed by atoms with Gasteiger partial charge in [-0.2, -0.15) is 0 Å². The monoisotopic (exact) mass is 373 g/mol. The van der Waals surface area contributed by atoms with Crippen LogP contribution in [0.25, 0.3) is 0 Å². The number of fused-ring (bicyclic) bond motifs is 3. The molecule has 0 fully saturated rings. The van der Waals surface area contributed by atoms with Gasteiger partial charge in [-0.25, -0.2) is 4.79 Å². The third kappa shape index (κ3) is 2.72. The van der Waals surface area contributed by atoms with Crippen molar-refractivity contribution < 1.29 is 9.53 Å². The number of allylic oxidation sites excluding steroid dienone is 2. The predicted octanol–water partition coefficient (Wildman–Crippen LogP) is 5.61. The van der Waals surface area contributed by atoms with Crippen molar-refractivity contribution in [2.75, 3.05) is 12.4 Å². The molecule has 128 valence electrons. The molecule has 0 saturated carbocycles. The number of methoxy groups -OCH3 is 1. The molecule has 4 rings (SSSR count). The van der Waals surface area contributed by atoms with Crippen LogP contribution in [0.5, 0.6) is 0 Å². The van der Waals surface area contributed by atoms with Gasteiger partial charge in [-0.05, 0) is 47.7 Å². The van der Waals surface area contributed by atoms with E-state index in [2.05, 4.69) is 23.5 Å². The third-order valence-electron chi connectivity index (χ3n) is 5.08. The number of ether oxygens (including phenoxy) is 1. The van der Waals surface area contributed by atoms with E-state index in [1.165, 1.54) is 7.11 Å². The number of halogens is 2.